The predicted octanol–water partition coefficient (Wildman–Crippen LogP) is 2.75. The van der Waals surface area contributed by atoms with Crippen molar-refractivity contribution in [1.29, 1.82) is 0 Å². The SMILES string of the molecule is CCCC(C(=O)Nc1cc(C)ccc1Cl)/C(N)=N/O. The van der Waals surface area contributed by atoms with E-state index in [9.17, 15) is 4.79 Å². The number of nitrogens with two attached hydrogens (primary N) is 1. The van der Waals surface area contributed by atoms with Crippen LogP contribution in [0.2, 0.25) is 5.02 Å². The fourth-order valence-corrected chi connectivity index (χ4v) is 1.89. The number of aryl methyl sites for hydroxylation is 1. The Bertz CT molecular complexity index is 489. The summed E-state index contributed by atoms with van der Waals surface area (Å²) in [7, 11) is 0. The van der Waals surface area contributed by atoms with Gasteiger partial charge in [-0.15, -0.1) is 0 Å². The summed E-state index contributed by atoms with van der Waals surface area (Å²) < 4.78 is 0. The molecule has 1 amide bonds. The molecule has 0 bridgehead atoms. The van der Waals surface area contributed by atoms with Crippen molar-refractivity contribution < 1.29 is 10.0 Å². The van der Waals surface area contributed by atoms with Gasteiger partial charge in [-0.1, -0.05) is 36.2 Å². The maximum atomic E-state index is 12.1. The summed E-state index contributed by atoms with van der Waals surface area (Å²) in [6.45, 7) is 3.82. The Morgan fingerprint density at radius 2 is 2.26 bits per heavy atom. The zero-order chi connectivity index (χ0) is 14.4. The van der Waals surface area contributed by atoms with Gasteiger partial charge < -0.3 is 16.3 Å². The van der Waals surface area contributed by atoms with Crippen LogP contribution >= 0.6 is 11.6 Å². The van der Waals surface area contributed by atoms with E-state index in [-0.39, 0.29) is 11.7 Å². The van der Waals surface area contributed by atoms with Gasteiger partial charge in [-0.3, -0.25) is 4.79 Å². The molecule has 5 nitrogen and oxygen atoms in total. The molecular weight excluding hydrogens is 266 g/mol. The van der Waals surface area contributed by atoms with Crippen LogP contribution in [0, 0.1) is 12.8 Å². The van der Waals surface area contributed by atoms with Crippen LogP contribution in [-0.4, -0.2) is 17.0 Å². The number of hydrogen-bond acceptors (Lipinski definition) is 3. The number of carbonyl (C=O) groups excluding carboxylic acids is 1. The van der Waals surface area contributed by atoms with Crippen LogP contribution in [0.5, 0.6) is 0 Å². The summed E-state index contributed by atoms with van der Waals surface area (Å²) >= 11 is 6.01. The van der Waals surface area contributed by atoms with Gasteiger partial charge in [-0.05, 0) is 31.0 Å². The second kappa shape index (κ2) is 6.99. The molecular formula is C13H18ClN3O2. The highest BCUT2D eigenvalue weighted by atomic mass is 35.5. The Morgan fingerprint density at radius 1 is 1.58 bits per heavy atom. The first kappa shape index (κ1) is 15.3. The van der Waals surface area contributed by atoms with Crippen molar-refractivity contribution in [3.8, 4) is 0 Å². The number of halogens is 1. The summed E-state index contributed by atoms with van der Waals surface area (Å²) in [5.74, 6) is -1.08. The third-order valence-corrected chi connectivity index (χ3v) is 3.08. The van der Waals surface area contributed by atoms with Crippen molar-refractivity contribution in [2.45, 2.75) is 26.7 Å². The van der Waals surface area contributed by atoms with Crippen molar-refractivity contribution in [3.63, 3.8) is 0 Å². The first-order chi connectivity index (χ1) is 8.99. The molecule has 0 aromatic heterocycles. The number of benzene rings is 1. The van der Waals surface area contributed by atoms with Gasteiger partial charge in [0.15, 0.2) is 5.84 Å². The zero-order valence-corrected chi connectivity index (χ0v) is 11.7. The first-order valence-electron chi connectivity index (χ1n) is 6.04. The van der Waals surface area contributed by atoms with Crippen LogP contribution in [0.3, 0.4) is 0 Å². The molecule has 4 N–H and O–H groups in total. The van der Waals surface area contributed by atoms with Gasteiger partial charge in [-0.2, -0.15) is 0 Å². The number of amides is 1. The topological polar surface area (TPSA) is 87.7 Å². The molecule has 0 aliphatic heterocycles. The molecule has 1 aromatic carbocycles. The number of anilines is 1. The average molecular weight is 284 g/mol. The number of nitrogens with one attached hydrogen (secondary N) is 1. The van der Waals surface area contributed by atoms with E-state index in [2.05, 4.69) is 10.5 Å². The lowest BCUT2D eigenvalue weighted by molar-refractivity contribution is -0.118. The number of nitrogens with zero attached hydrogens (tertiary/aromatic N) is 1. The van der Waals surface area contributed by atoms with Crippen LogP contribution in [-0.2, 0) is 4.79 Å². The van der Waals surface area contributed by atoms with Gasteiger partial charge in [0.2, 0.25) is 5.91 Å². The molecule has 0 saturated heterocycles. The molecule has 0 spiro atoms. The van der Waals surface area contributed by atoms with E-state index in [1.807, 2.05) is 19.9 Å². The maximum absolute atomic E-state index is 12.1. The van der Waals surface area contributed by atoms with E-state index in [0.29, 0.717) is 17.1 Å². The number of hydrogen-bond donors (Lipinski definition) is 3. The van der Waals surface area contributed by atoms with Gasteiger partial charge in [0.25, 0.3) is 0 Å². The van der Waals surface area contributed by atoms with Crippen LogP contribution < -0.4 is 11.1 Å². The lowest BCUT2D eigenvalue weighted by Crippen LogP contribution is -2.34. The summed E-state index contributed by atoms with van der Waals surface area (Å²) in [6.07, 6.45) is 1.25. The second-order valence-corrected chi connectivity index (χ2v) is 4.75. The van der Waals surface area contributed by atoms with Crippen molar-refractivity contribution in [1.82, 2.24) is 0 Å². The molecule has 0 heterocycles. The van der Waals surface area contributed by atoms with Crippen molar-refractivity contribution in [2.24, 2.45) is 16.8 Å². The molecule has 6 heteroatoms. The Balaban J connectivity index is 2.90. The fourth-order valence-electron chi connectivity index (χ4n) is 1.73. The molecule has 1 rings (SSSR count). The molecule has 1 atom stereocenters. The van der Waals surface area contributed by atoms with E-state index in [0.717, 1.165) is 12.0 Å². The maximum Gasteiger partial charge on any atom is 0.235 e. The highest BCUT2D eigenvalue weighted by Crippen LogP contribution is 2.23. The Labute approximate surface area is 117 Å². The van der Waals surface area contributed by atoms with E-state index in [4.69, 9.17) is 22.5 Å². The molecule has 0 aliphatic rings. The fraction of sp³-hybridized carbons (Fsp3) is 0.385. The van der Waals surface area contributed by atoms with Crippen molar-refractivity contribution >= 4 is 29.0 Å². The van der Waals surface area contributed by atoms with E-state index >= 15 is 0 Å². The van der Waals surface area contributed by atoms with Crippen molar-refractivity contribution in [3.05, 3.63) is 28.8 Å². The van der Waals surface area contributed by atoms with Gasteiger partial charge >= 0.3 is 0 Å². The number of carbonyl (C=O) groups is 1. The second-order valence-electron chi connectivity index (χ2n) is 4.34. The Morgan fingerprint density at radius 3 is 2.84 bits per heavy atom. The lowest BCUT2D eigenvalue weighted by atomic mass is 10.0. The molecule has 0 radical (unpaired) electrons. The monoisotopic (exact) mass is 283 g/mol. The van der Waals surface area contributed by atoms with Crippen LogP contribution in [0.25, 0.3) is 0 Å². The van der Waals surface area contributed by atoms with Gasteiger partial charge in [-0.25, -0.2) is 0 Å². The van der Waals surface area contributed by atoms with Crippen LogP contribution in [0.15, 0.2) is 23.4 Å². The van der Waals surface area contributed by atoms with Gasteiger partial charge in [0.1, 0.15) is 0 Å². The highest BCUT2D eigenvalue weighted by molar-refractivity contribution is 6.33. The van der Waals surface area contributed by atoms with E-state index < -0.39 is 5.92 Å². The molecule has 0 saturated carbocycles. The lowest BCUT2D eigenvalue weighted by Gasteiger charge is -2.15. The van der Waals surface area contributed by atoms with E-state index in [1.54, 1.807) is 12.1 Å². The van der Waals surface area contributed by atoms with Crippen molar-refractivity contribution in [2.75, 3.05) is 5.32 Å². The molecule has 0 aliphatic carbocycles. The molecule has 19 heavy (non-hydrogen) atoms. The molecule has 1 unspecified atom stereocenters. The third-order valence-electron chi connectivity index (χ3n) is 2.75. The highest BCUT2D eigenvalue weighted by Gasteiger charge is 2.22. The Kier molecular flexibility index (Phi) is 5.63. The molecule has 0 fully saturated rings. The number of amidine groups is 1. The first-order valence-corrected chi connectivity index (χ1v) is 6.41. The van der Waals surface area contributed by atoms with E-state index in [1.165, 1.54) is 0 Å². The molecule has 1 aromatic rings. The van der Waals surface area contributed by atoms with Gasteiger partial charge in [0.05, 0.1) is 16.6 Å². The number of oxime groups is 1. The minimum absolute atomic E-state index is 0.0943. The summed E-state index contributed by atoms with van der Waals surface area (Å²) in [6, 6.07) is 5.34. The van der Waals surface area contributed by atoms with Crippen LogP contribution in [0.1, 0.15) is 25.3 Å². The quantitative estimate of drug-likeness (QED) is 0.336. The predicted molar refractivity (Wildman–Crippen MR) is 76.6 cm³/mol. The number of rotatable bonds is 5. The largest absolute Gasteiger partial charge is 0.409 e. The smallest absolute Gasteiger partial charge is 0.235 e. The third kappa shape index (κ3) is 4.13. The van der Waals surface area contributed by atoms with Crippen LogP contribution in [0.4, 0.5) is 5.69 Å². The summed E-state index contributed by atoms with van der Waals surface area (Å²) in [5.41, 5.74) is 7.04. The Hall–Kier alpha value is -1.75. The van der Waals surface area contributed by atoms with Gasteiger partial charge in [0, 0.05) is 0 Å². The standard InChI is InChI=1S/C13H18ClN3O2/c1-3-4-9(12(15)17-19)13(18)16-11-7-8(2)5-6-10(11)14/h5-7,9,19H,3-4H2,1-2H3,(H2,15,17)(H,16,18). The minimum atomic E-state index is -0.661. The summed E-state index contributed by atoms with van der Waals surface area (Å²) in [5, 5.41) is 14.8. The minimum Gasteiger partial charge on any atom is -0.409 e. The summed E-state index contributed by atoms with van der Waals surface area (Å²) in [4.78, 5) is 12.1. The zero-order valence-electron chi connectivity index (χ0n) is 11.0. The normalized spacial score (nSPS) is 13.1. The molecule has 104 valence electrons. The average Bonchev–Trinajstić information content (AvgIpc) is 2.39.